The van der Waals surface area contributed by atoms with Crippen molar-refractivity contribution in [1.29, 1.82) is 0 Å². The lowest BCUT2D eigenvalue weighted by molar-refractivity contribution is -0.310. The molecular formula is C67H81N5O21S2. The zero-order valence-corrected chi connectivity index (χ0v) is 53.9. The SMILES string of the molecule is CC(=O)N[C@H]1[C@H]([C@H](O)[C@H](O)CNC(=O)c2ccc(-c3ccc(O)cc3)cc2)O[C@](C=O)(OCCCSCCNC(=O)c2ccc(C(=O)CCCSCCCO[C@]3(C(=O)O)C[C@H](O)[C@@H](NC(C)=O)[C@H]([C@H](O)[C@@H](O)CNC(=O)c4ccc(-c5ccc(O)cc5)cc4)O3)cc2)C[C@@H]1O. The molecule has 2 heterocycles. The van der Waals surface area contributed by atoms with E-state index in [0.29, 0.717) is 66.2 Å². The number of aliphatic carboxylic acids is 1. The number of aromatic hydroxyl groups is 2. The van der Waals surface area contributed by atoms with Crippen LogP contribution in [0.1, 0.15) is 93.8 Å². The van der Waals surface area contributed by atoms with Gasteiger partial charge in [-0.2, -0.15) is 23.5 Å². The van der Waals surface area contributed by atoms with Crippen molar-refractivity contribution in [3.8, 4) is 33.8 Å². The number of carbonyl (C=O) groups is 8. The summed E-state index contributed by atoms with van der Waals surface area (Å²) < 4.78 is 23.4. The number of hydrogen-bond donors (Lipinski definition) is 14. The molecule has 95 heavy (non-hydrogen) atoms. The molecule has 5 amide bonds. The summed E-state index contributed by atoms with van der Waals surface area (Å²) in [5, 5.41) is 109. The number of carboxylic acid groups (broad SMARTS) is 1. The van der Waals surface area contributed by atoms with Gasteiger partial charge in [0.05, 0.1) is 49.7 Å². The molecule has 7 rings (SSSR count). The van der Waals surface area contributed by atoms with Crippen LogP contribution < -0.4 is 26.6 Å². The molecule has 512 valence electrons. The fraction of sp³-hybridized carbons (Fsp3) is 0.433. The van der Waals surface area contributed by atoms with Gasteiger partial charge in [-0.25, -0.2) is 4.79 Å². The normalized spacial score (nSPS) is 22.2. The van der Waals surface area contributed by atoms with Crippen molar-refractivity contribution >= 4 is 71.1 Å². The molecule has 2 aliphatic heterocycles. The number of ether oxygens (including phenoxy) is 4. The summed E-state index contributed by atoms with van der Waals surface area (Å²) in [6.07, 6.45) is -12.9. The lowest BCUT2D eigenvalue weighted by Gasteiger charge is -2.46. The smallest absolute Gasteiger partial charge is 0.364 e. The Hall–Kier alpha value is -7.84. The van der Waals surface area contributed by atoms with Gasteiger partial charge >= 0.3 is 5.97 Å². The fourth-order valence-electron chi connectivity index (χ4n) is 10.7. The molecule has 2 saturated heterocycles. The number of amides is 5. The highest BCUT2D eigenvalue weighted by Gasteiger charge is 2.56. The maximum atomic E-state index is 13.0. The minimum Gasteiger partial charge on any atom is -0.508 e. The highest BCUT2D eigenvalue weighted by molar-refractivity contribution is 7.99. The van der Waals surface area contributed by atoms with Crippen LogP contribution in [0, 0.1) is 0 Å². The summed E-state index contributed by atoms with van der Waals surface area (Å²) in [4.78, 5) is 102. The number of aliphatic hydroxyl groups excluding tert-OH is 6. The summed E-state index contributed by atoms with van der Waals surface area (Å²) in [5.74, 6) is -6.80. The maximum absolute atomic E-state index is 13.0. The molecule has 28 heteroatoms. The molecule has 0 spiro atoms. The van der Waals surface area contributed by atoms with Gasteiger partial charge in [0.15, 0.2) is 12.1 Å². The average molecular weight is 1360 g/mol. The largest absolute Gasteiger partial charge is 0.508 e. The zero-order chi connectivity index (χ0) is 68.8. The highest BCUT2D eigenvalue weighted by Crippen LogP contribution is 2.35. The summed E-state index contributed by atoms with van der Waals surface area (Å²) >= 11 is 2.96. The van der Waals surface area contributed by atoms with Crippen LogP contribution in [0.25, 0.3) is 22.3 Å². The van der Waals surface area contributed by atoms with Crippen molar-refractivity contribution < 1.29 is 103 Å². The Bertz CT molecular complexity index is 3370. The first kappa shape index (κ1) is 74.6. The van der Waals surface area contributed by atoms with E-state index in [1.807, 2.05) is 0 Å². The number of aldehydes is 1. The molecule has 0 aromatic heterocycles. The number of carboxylic acids is 1. The Kier molecular flexibility index (Phi) is 28.1. The summed E-state index contributed by atoms with van der Waals surface area (Å²) in [6, 6.07) is 29.6. The summed E-state index contributed by atoms with van der Waals surface area (Å²) in [6.45, 7) is 1.41. The van der Waals surface area contributed by atoms with Gasteiger partial charge in [0.2, 0.25) is 17.6 Å². The van der Waals surface area contributed by atoms with Crippen molar-refractivity contribution in [1.82, 2.24) is 26.6 Å². The minimum atomic E-state index is -2.49. The first-order valence-electron chi connectivity index (χ1n) is 30.8. The van der Waals surface area contributed by atoms with Crippen molar-refractivity contribution in [2.45, 2.75) is 125 Å². The molecule has 2 aliphatic rings. The van der Waals surface area contributed by atoms with E-state index in [0.717, 1.165) is 29.2 Å². The number of nitrogens with one attached hydrogen (secondary N) is 5. The van der Waals surface area contributed by atoms with Crippen molar-refractivity contribution in [3.05, 3.63) is 144 Å². The molecular weight excluding hydrogens is 1270 g/mol. The van der Waals surface area contributed by atoms with Gasteiger partial charge in [0.25, 0.3) is 23.5 Å². The van der Waals surface area contributed by atoms with Gasteiger partial charge in [-0.1, -0.05) is 60.7 Å². The van der Waals surface area contributed by atoms with Gasteiger partial charge < -0.3 is 91.5 Å². The Balaban J connectivity index is 0.767. The summed E-state index contributed by atoms with van der Waals surface area (Å²) in [7, 11) is 0. The predicted octanol–water partition coefficient (Wildman–Crippen LogP) is 2.69. The Morgan fingerprint density at radius 2 is 0.926 bits per heavy atom. The van der Waals surface area contributed by atoms with E-state index in [-0.39, 0.29) is 54.0 Å². The zero-order valence-electron chi connectivity index (χ0n) is 52.2. The predicted molar refractivity (Wildman–Crippen MR) is 349 cm³/mol. The molecule has 0 saturated carbocycles. The number of phenols is 2. The van der Waals surface area contributed by atoms with E-state index in [1.54, 1.807) is 97.1 Å². The number of hydrogen-bond acceptors (Lipinski definition) is 22. The van der Waals surface area contributed by atoms with Crippen LogP contribution in [0.2, 0.25) is 0 Å². The third-order valence-electron chi connectivity index (χ3n) is 15.8. The standard InChI is InChI=1S/C67H81N5O21S2/c1-39(74)71-56-52(79)34-66(38-73,92-60(56)58(83)54(81)36-69-63(86)47-13-7-41(8-14-47)43-19-23-49(76)24-20-43)90-28-4-32-95-33-27-68-62(85)46-17-11-45(12-18-46)51(78)6-3-30-94-31-5-29-91-67(65(88)89)35-53(80)57(72-40(2)75)61(93-67)59(84)55(82)37-70-64(87)48-15-9-42(10-16-48)44-21-25-50(77)26-22-44/h7-26,38,52-61,76-77,79-84H,3-6,27-37H2,1-2H3,(H,68,85)(H,69,86)(H,70,87)(H,71,74)(H,72,75)(H,88,89)/t52-,53-,54+,55-,56+,57+,58+,59+,60+,61+,66+,67+/m0/s1. The van der Waals surface area contributed by atoms with Crippen molar-refractivity contribution in [2.75, 3.05) is 55.9 Å². The van der Waals surface area contributed by atoms with Crippen LogP contribution in [0.5, 0.6) is 11.5 Å². The number of benzene rings is 5. The molecule has 12 atom stereocenters. The van der Waals surface area contributed by atoms with Gasteiger partial charge in [0, 0.05) is 80.8 Å². The molecule has 14 N–H and O–H groups in total. The molecule has 0 unspecified atom stereocenters. The van der Waals surface area contributed by atoms with Gasteiger partial charge in [-0.05, 0) is 119 Å². The van der Waals surface area contributed by atoms with Gasteiger partial charge in [0.1, 0.15) is 35.9 Å². The Morgan fingerprint density at radius 3 is 1.38 bits per heavy atom. The lowest BCUT2D eigenvalue weighted by Crippen LogP contribution is -2.68. The van der Waals surface area contributed by atoms with E-state index < -0.39 is 128 Å². The van der Waals surface area contributed by atoms with Crippen LogP contribution in [0.3, 0.4) is 0 Å². The third-order valence-corrected chi connectivity index (χ3v) is 18.0. The molecule has 5 aromatic rings. The maximum Gasteiger partial charge on any atom is 0.364 e. The van der Waals surface area contributed by atoms with Crippen molar-refractivity contribution in [2.24, 2.45) is 0 Å². The first-order chi connectivity index (χ1) is 45.4. The van der Waals surface area contributed by atoms with E-state index in [2.05, 4.69) is 26.6 Å². The number of thioether (sulfide) groups is 2. The second kappa shape index (κ2) is 35.8. The molecule has 5 aromatic carbocycles. The Morgan fingerprint density at radius 1 is 0.537 bits per heavy atom. The summed E-state index contributed by atoms with van der Waals surface area (Å²) in [5.41, 5.74) is 4.38. The van der Waals surface area contributed by atoms with Gasteiger partial charge in [-0.15, -0.1) is 0 Å². The number of rotatable bonds is 35. The van der Waals surface area contributed by atoms with Crippen LogP contribution >= 0.6 is 23.5 Å². The lowest BCUT2D eigenvalue weighted by atomic mass is 9.88. The average Bonchev–Trinajstić information content (AvgIpc) is 0.787. The van der Waals surface area contributed by atoms with Crippen LogP contribution in [-0.4, -0.2) is 222 Å². The number of ketones is 1. The van der Waals surface area contributed by atoms with E-state index in [1.165, 1.54) is 54.7 Å². The molecule has 26 nitrogen and oxygen atoms in total. The number of Topliss-reactive ketones (excluding diaryl/α,β-unsaturated/α-hetero) is 1. The number of aliphatic hydroxyl groups is 6. The molecule has 0 radical (unpaired) electrons. The number of carbonyl (C=O) groups excluding carboxylic acids is 7. The van der Waals surface area contributed by atoms with Gasteiger partial charge in [-0.3, -0.25) is 33.6 Å². The minimum absolute atomic E-state index is 0.0342. The van der Waals surface area contributed by atoms with Crippen molar-refractivity contribution in [3.63, 3.8) is 0 Å². The second-order valence-electron chi connectivity index (χ2n) is 22.9. The first-order valence-corrected chi connectivity index (χ1v) is 33.1. The molecule has 0 bridgehead atoms. The topological polar surface area (TPSA) is 416 Å². The van der Waals surface area contributed by atoms with Crippen LogP contribution in [0.4, 0.5) is 0 Å². The van der Waals surface area contributed by atoms with Crippen LogP contribution in [-0.2, 0) is 38.1 Å². The van der Waals surface area contributed by atoms with E-state index in [4.69, 9.17) is 18.9 Å². The monoisotopic (exact) mass is 1360 g/mol. The van der Waals surface area contributed by atoms with E-state index >= 15 is 0 Å². The quantitative estimate of drug-likeness (QED) is 0.0157. The Labute approximate surface area is 556 Å². The number of phenolic OH excluding ortho intramolecular Hbond substituents is 2. The third kappa shape index (κ3) is 21.3. The fourth-order valence-corrected chi connectivity index (χ4v) is 12.3. The van der Waals surface area contributed by atoms with E-state index in [9.17, 15) is 84.3 Å². The highest BCUT2D eigenvalue weighted by atomic mass is 32.2. The second-order valence-corrected chi connectivity index (χ2v) is 25.4. The molecule has 2 fully saturated rings. The molecule has 0 aliphatic carbocycles. The van der Waals surface area contributed by atoms with Crippen LogP contribution in [0.15, 0.2) is 121 Å².